The fraction of sp³-hybridized carbons (Fsp3) is 0.333. The smallest absolute Gasteiger partial charge is 0.337 e. The van der Waals surface area contributed by atoms with E-state index in [0.717, 1.165) is 12.1 Å². The second kappa shape index (κ2) is 6.81. The molecule has 4 N–H and O–H groups in total. The monoisotopic (exact) mass is 270 g/mol. The Morgan fingerprint density at radius 2 is 2.21 bits per heavy atom. The molecule has 0 spiro atoms. The topological polar surface area (TPSA) is 102 Å². The van der Waals surface area contributed by atoms with Crippen LogP contribution >= 0.6 is 0 Å². The van der Waals surface area contributed by atoms with E-state index in [9.17, 15) is 14.0 Å². The Balaban J connectivity index is 2.81. The second-order valence-corrected chi connectivity index (χ2v) is 3.87. The number of aromatic carboxylic acids is 1. The van der Waals surface area contributed by atoms with Gasteiger partial charge in [-0.05, 0) is 24.6 Å². The Hall–Kier alpha value is -1.99. The Morgan fingerprint density at radius 3 is 2.79 bits per heavy atom. The van der Waals surface area contributed by atoms with Crippen LogP contribution in [-0.2, 0) is 9.53 Å². The number of amides is 1. The van der Waals surface area contributed by atoms with Gasteiger partial charge < -0.3 is 20.9 Å². The summed E-state index contributed by atoms with van der Waals surface area (Å²) >= 11 is 0. The molecule has 0 aliphatic heterocycles. The second-order valence-electron chi connectivity index (χ2n) is 3.87. The van der Waals surface area contributed by atoms with E-state index in [1.54, 1.807) is 0 Å². The van der Waals surface area contributed by atoms with Crippen molar-refractivity contribution < 1.29 is 23.8 Å². The first-order valence-electron chi connectivity index (χ1n) is 5.54. The summed E-state index contributed by atoms with van der Waals surface area (Å²) in [5.41, 5.74) is 5.27. The van der Waals surface area contributed by atoms with Crippen molar-refractivity contribution >= 4 is 17.6 Å². The molecule has 0 aliphatic rings. The van der Waals surface area contributed by atoms with Crippen LogP contribution in [0.5, 0.6) is 0 Å². The molecule has 1 aromatic carbocycles. The molecule has 1 rings (SSSR count). The van der Waals surface area contributed by atoms with Crippen LogP contribution in [0.15, 0.2) is 18.2 Å². The normalized spacial score (nSPS) is 11.9. The van der Waals surface area contributed by atoms with Crippen molar-refractivity contribution in [2.75, 3.05) is 19.0 Å². The number of nitrogens with two attached hydrogens (primary N) is 1. The van der Waals surface area contributed by atoms with E-state index in [4.69, 9.17) is 15.6 Å². The zero-order chi connectivity index (χ0) is 14.4. The number of benzene rings is 1. The van der Waals surface area contributed by atoms with E-state index < -0.39 is 23.7 Å². The molecule has 1 aromatic rings. The van der Waals surface area contributed by atoms with E-state index in [0.29, 0.717) is 13.0 Å². The standard InChI is InChI=1S/C12H15FN2O4/c1-19-5-4-9(14)11(16)15-10-3-2-7(13)6-8(10)12(17)18/h2-3,6,9H,4-5,14H2,1H3,(H,15,16)(H,17,18). The number of carbonyl (C=O) groups excluding carboxylic acids is 1. The first kappa shape index (κ1) is 15.1. The maximum atomic E-state index is 13.0. The van der Waals surface area contributed by atoms with Crippen LogP contribution in [0.2, 0.25) is 0 Å². The van der Waals surface area contributed by atoms with E-state index in [1.165, 1.54) is 13.2 Å². The van der Waals surface area contributed by atoms with Crippen molar-refractivity contribution in [1.29, 1.82) is 0 Å². The lowest BCUT2D eigenvalue weighted by molar-refractivity contribution is -0.117. The van der Waals surface area contributed by atoms with Crippen LogP contribution in [0.25, 0.3) is 0 Å². The van der Waals surface area contributed by atoms with Crippen molar-refractivity contribution in [3.05, 3.63) is 29.6 Å². The van der Waals surface area contributed by atoms with Crippen molar-refractivity contribution in [3.8, 4) is 0 Å². The number of carboxylic acids is 1. The summed E-state index contributed by atoms with van der Waals surface area (Å²) in [5.74, 6) is -2.58. The van der Waals surface area contributed by atoms with Gasteiger partial charge in [0, 0.05) is 13.7 Å². The molecule has 7 heteroatoms. The molecule has 1 unspecified atom stereocenters. The summed E-state index contributed by atoms with van der Waals surface area (Å²) in [7, 11) is 1.48. The van der Waals surface area contributed by atoms with Gasteiger partial charge in [-0.2, -0.15) is 0 Å². The van der Waals surface area contributed by atoms with Crippen LogP contribution in [0.4, 0.5) is 10.1 Å². The van der Waals surface area contributed by atoms with Gasteiger partial charge in [-0.25, -0.2) is 9.18 Å². The summed E-state index contributed by atoms with van der Waals surface area (Å²) in [5, 5.41) is 11.3. The molecule has 19 heavy (non-hydrogen) atoms. The minimum atomic E-state index is -1.33. The highest BCUT2D eigenvalue weighted by Crippen LogP contribution is 2.17. The van der Waals surface area contributed by atoms with Crippen LogP contribution in [0.1, 0.15) is 16.8 Å². The molecule has 6 nitrogen and oxygen atoms in total. The highest BCUT2D eigenvalue weighted by molar-refractivity contribution is 6.02. The molecule has 1 amide bonds. The first-order valence-corrected chi connectivity index (χ1v) is 5.54. The lowest BCUT2D eigenvalue weighted by Crippen LogP contribution is -2.36. The number of methoxy groups -OCH3 is 1. The van der Waals surface area contributed by atoms with Crippen LogP contribution in [-0.4, -0.2) is 36.7 Å². The number of rotatable bonds is 6. The SMILES string of the molecule is COCCC(N)C(=O)Nc1ccc(F)cc1C(=O)O. The highest BCUT2D eigenvalue weighted by atomic mass is 19.1. The molecule has 0 fully saturated rings. The van der Waals surface area contributed by atoms with Gasteiger partial charge >= 0.3 is 5.97 Å². The number of carboxylic acid groups (broad SMARTS) is 1. The molecule has 1 atom stereocenters. The Bertz CT molecular complexity index is 479. The summed E-state index contributed by atoms with van der Waals surface area (Å²) < 4.78 is 17.7. The van der Waals surface area contributed by atoms with E-state index in [1.807, 2.05) is 0 Å². The predicted octanol–water partition coefficient (Wildman–Crippen LogP) is 0.826. The van der Waals surface area contributed by atoms with Gasteiger partial charge in [0.05, 0.1) is 17.3 Å². The largest absolute Gasteiger partial charge is 0.478 e. The molecular weight excluding hydrogens is 255 g/mol. The maximum Gasteiger partial charge on any atom is 0.337 e. The number of halogens is 1. The Morgan fingerprint density at radius 1 is 1.53 bits per heavy atom. The van der Waals surface area contributed by atoms with Crippen molar-refractivity contribution in [2.24, 2.45) is 5.73 Å². The molecule has 0 aromatic heterocycles. The van der Waals surface area contributed by atoms with Crippen molar-refractivity contribution in [1.82, 2.24) is 0 Å². The zero-order valence-electron chi connectivity index (χ0n) is 10.4. The van der Waals surface area contributed by atoms with E-state index in [2.05, 4.69) is 5.32 Å². The lowest BCUT2D eigenvalue weighted by Gasteiger charge is -2.13. The minimum Gasteiger partial charge on any atom is -0.478 e. The van der Waals surface area contributed by atoms with Gasteiger partial charge in [0.15, 0.2) is 0 Å². The molecule has 0 radical (unpaired) electrons. The predicted molar refractivity (Wildman–Crippen MR) is 66.5 cm³/mol. The summed E-state index contributed by atoms with van der Waals surface area (Å²) in [4.78, 5) is 22.6. The van der Waals surface area contributed by atoms with Gasteiger partial charge in [0.2, 0.25) is 5.91 Å². The minimum absolute atomic E-state index is 0.00627. The average Bonchev–Trinajstić information content (AvgIpc) is 2.37. The van der Waals surface area contributed by atoms with Crippen molar-refractivity contribution in [3.63, 3.8) is 0 Å². The number of hydrogen-bond donors (Lipinski definition) is 3. The number of carbonyl (C=O) groups is 2. The van der Waals surface area contributed by atoms with Gasteiger partial charge in [0.1, 0.15) is 5.82 Å². The first-order chi connectivity index (χ1) is 8.95. The van der Waals surface area contributed by atoms with Gasteiger partial charge in [-0.15, -0.1) is 0 Å². The Kier molecular flexibility index (Phi) is 5.40. The number of nitrogens with one attached hydrogen (secondary N) is 1. The summed E-state index contributed by atoms with van der Waals surface area (Å²) in [6.07, 6.45) is 0.298. The summed E-state index contributed by atoms with van der Waals surface area (Å²) in [6.45, 7) is 0.309. The van der Waals surface area contributed by atoms with Crippen LogP contribution < -0.4 is 11.1 Å². The fourth-order valence-corrected chi connectivity index (χ4v) is 1.40. The molecular formula is C12H15FN2O4. The van der Waals surface area contributed by atoms with Gasteiger partial charge in [-0.1, -0.05) is 0 Å². The lowest BCUT2D eigenvalue weighted by atomic mass is 10.1. The van der Waals surface area contributed by atoms with E-state index >= 15 is 0 Å². The van der Waals surface area contributed by atoms with Crippen molar-refractivity contribution in [2.45, 2.75) is 12.5 Å². The number of hydrogen-bond acceptors (Lipinski definition) is 4. The molecule has 0 heterocycles. The number of ether oxygens (including phenoxy) is 1. The molecule has 104 valence electrons. The zero-order valence-corrected chi connectivity index (χ0v) is 10.4. The van der Waals surface area contributed by atoms with E-state index in [-0.39, 0.29) is 11.3 Å². The quantitative estimate of drug-likeness (QED) is 0.710. The molecule has 0 saturated heterocycles. The Labute approximate surface area is 109 Å². The maximum absolute atomic E-state index is 13.0. The third-order valence-electron chi connectivity index (χ3n) is 2.44. The average molecular weight is 270 g/mol. The molecule has 0 aliphatic carbocycles. The van der Waals surface area contributed by atoms with Gasteiger partial charge in [0.25, 0.3) is 0 Å². The van der Waals surface area contributed by atoms with Crippen LogP contribution in [0, 0.1) is 5.82 Å². The number of anilines is 1. The van der Waals surface area contributed by atoms with Gasteiger partial charge in [-0.3, -0.25) is 4.79 Å². The third-order valence-corrected chi connectivity index (χ3v) is 2.44. The highest BCUT2D eigenvalue weighted by Gasteiger charge is 2.17. The molecule has 0 bridgehead atoms. The summed E-state index contributed by atoms with van der Waals surface area (Å²) in [6, 6.07) is 2.24. The fourth-order valence-electron chi connectivity index (χ4n) is 1.40. The third kappa shape index (κ3) is 4.31. The van der Waals surface area contributed by atoms with Crippen LogP contribution in [0.3, 0.4) is 0 Å². The molecule has 0 saturated carbocycles.